The quantitative estimate of drug-likeness (QED) is 0.885. The normalized spacial score (nSPS) is 18.5. The Hall–Kier alpha value is -0.610. The highest BCUT2D eigenvalue weighted by Gasteiger charge is 2.16. The molecular formula is C15H20F2OS. The van der Waals surface area contributed by atoms with Crippen LogP contribution in [0.3, 0.4) is 0 Å². The van der Waals surface area contributed by atoms with Crippen LogP contribution in [0.2, 0.25) is 0 Å². The van der Waals surface area contributed by atoms with Gasteiger partial charge in [0.2, 0.25) is 0 Å². The molecule has 1 aliphatic rings. The van der Waals surface area contributed by atoms with Crippen LogP contribution in [-0.2, 0) is 6.42 Å². The zero-order valence-corrected chi connectivity index (χ0v) is 11.8. The number of aliphatic hydroxyl groups excluding tert-OH is 1. The van der Waals surface area contributed by atoms with Gasteiger partial charge in [0.05, 0.1) is 6.10 Å². The molecule has 1 N–H and O–H groups in total. The first-order chi connectivity index (χ1) is 9.13. The summed E-state index contributed by atoms with van der Waals surface area (Å²) in [6, 6.07) is 3.43. The van der Waals surface area contributed by atoms with E-state index in [1.165, 1.54) is 44.2 Å². The Balaban J connectivity index is 1.78. The van der Waals surface area contributed by atoms with E-state index in [0.717, 1.165) is 6.07 Å². The third-order valence-corrected chi connectivity index (χ3v) is 4.99. The lowest BCUT2D eigenvalue weighted by Gasteiger charge is -2.22. The van der Waals surface area contributed by atoms with Gasteiger partial charge in [-0.15, -0.1) is 0 Å². The average Bonchev–Trinajstić information content (AvgIpc) is 2.36. The molecule has 1 unspecified atom stereocenters. The Labute approximate surface area is 117 Å². The maximum absolute atomic E-state index is 13.0. The number of thioether (sulfide) groups is 1. The Kier molecular flexibility index (Phi) is 5.64. The Morgan fingerprint density at radius 1 is 1.11 bits per heavy atom. The highest BCUT2D eigenvalue weighted by Crippen LogP contribution is 2.28. The fourth-order valence-corrected chi connectivity index (χ4v) is 3.82. The van der Waals surface area contributed by atoms with Gasteiger partial charge in [-0.2, -0.15) is 11.8 Å². The van der Waals surface area contributed by atoms with Crippen molar-refractivity contribution in [2.75, 3.05) is 5.75 Å². The summed E-state index contributed by atoms with van der Waals surface area (Å²) in [5, 5.41) is 10.6. The molecule has 1 aliphatic carbocycles. The van der Waals surface area contributed by atoms with Crippen molar-refractivity contribution in [3.8, 4) is 0 Å². The summed E-state index contributed by atoms with van der Waals surface area (Å²) >= 11 is 1.80. The minimum Gasteiger partial charge on any atom is -0.392 e. The molecule has 2 rings (SSSR count). The van der Waals surface area contributed by atoms with Crippen LogP contribution in [0.4, 0.5) is 8.78 Å². The molecule has 0 amide bonds. The predicted molar refractivity (Wildman–Crippen MR) is 75.4 cm³/mol. The second kappa shape index (κ2) is 7.25. The Morgan fingerprint density at radius 3 is 2.37 bits per heavy atom. The van der Waals surface area contributed by atoms with Crippen molar-refractivity contribution in [1.82, 2.24) is 0 Å². The van der Waals surface area contributed by atoms with E-state index >= 15 is 0 Å². The van der Waals surface area contributed by atoms with Crippen molar-refractivity contribution in [3.63, 3.8) is 0 Å². The molecule has 0 saturated heterocycles. The van der Waals surface area contributed by atoms with Crippen LogP contribution >= 0.6 is 11.8 Å². The number of benzene rings is 1. The van der Waals surface area contributed by atoms with Gasteiger partial charge in [-0.05, 0) is 37.0 Å². The van der Waals surface area contributed by atoms with Crippen molar-refractivity contribution in [3.05, 3.63) is 35.4 Å². The van der Waals surface area contributed by atoms with E-state index in [0.29, 0.717) is 23.0 Å². The fourth-order valence-electron chi connectivity index (χ4n) is 2.54. The highest BCUT2D eigenvalue weighted by molar-refractivity contribution is 7.99. The van der Waals surface area contributed by atoms with Crippen LogP contribution in [0.25, 0.3) is 0 Å². The summed E-state index contributed by atoms with van der Waals surface area (Å²) in [4.78, 5) is 0. The number of rotatable bonds is 5. The minimum atomic E-state index is -0.581. The SMILES string of the molecule is OC(CSC1CCCCC1)Cc1cc(F)cc(F)c1. The standard InChI is InChI=1S/C15H20F2OS/c16-12-6-11(7-13(17)9-12)8-14(18)10-19-15-4-2-1-3-5-15/h6-7,9,14-15,18H,1-5,8,10H2. The highest BCUT2D eigenvalue weighted by atomic mass is 32.2. The van der Waals surface area contributed by atoms with Gasteiger partial charge in [-0.25, -0.2) is 8.78 Å². The van der Waals surface area contributed by atoms with E-state index in [2.05, 4.69) is 0 Å². The van der Waals surface area contributed by atoms with Crippen LogP contribution in [0, 0.1) is 11.6 Å². The summed E-state index contributed by atoms with van der Waals surface area (Å²) in [5.41, 5.74) is 0.522. The maximum Gasteiger partial charge on any atom is 0.126 e. The molecule has 1 fully saturated rings. The summed E-state index contributed by atoms with van der Waals surface area (Å²) in [7, 11) is 0. The van der Waals surface area contributed by atoms with Crippen LogP contribution in [0.15, 0.2) is 18.2 Å². The first-order valence-corrected chi connectivity index (χ1v) is 7.93. The van der Waals surface area contributed by atoms with Crippen LogP contribution in [-0.4, -0.2) is 22.2 Å². The van der Waals surface area contributed by atoms with E-state index in [9.17, 15) is 13.9 Å². The molecule has 1 saturated carbocycles. The maximum atomic E-state index is 13.0. The Bertz CT molecular complexity index is 385. The van der Waals surface area contributed by atoms with E-state index in [1.807, 2.05) is 0 Å². The van der Waals surface area contributed by atoms with Crippen molar-refractivity contribution in [1.29, 1.82) is 0 Å². The monoisotopic (exact) mass is 286 g/mol. The number of hydrogen-bond acceptors (Lipinski definition) is 2. The zero-order chi connectivity index (χ0) is 13.7. The minimum absolute atomic E-state index is 0.314. The molecule has 0 spiro atoms. The number of aliphatic hydroxyl groups is 1. The largest absolute Gasteiger partial charge is 0.392 e. The molecule has 19 heavy (non-hydrogen) atoms. The lowest BCUT2D eigenvalue weighted by Crippen LogP contribution is -2.18. The molecule has 1 atom stereocenters. The third kappa shape index (κ3) is 5.11. The lowest BCUT2D eigenvalue weighted by molar-refractivity contribution is 0.199. The van der Waals surface area contributed by atoms with Crippen molar-refractivity contribution in [2.45, 2.75) is 49.9 Å². The summed E-state index contributed by atoms with van der Waals surface area (Å²) in [6.45, 7) is 0. The van der Waals surface area contributed by atoms with Gasteiger partial charge in [-0.1, -0.05) is 19.3 Å². The molecule has 1 nitrogen and oxygen atoms in total. The summed E-state index contributed by atoms with van der Waals surface area (Å²) in [5.74, 6) is -0.521. The predicted octanol–water partition coefficient (Wildman–Crippen LogP) is 3.93. The molecule has 1 aromatic carbocycles. The van der Waals surface area contributed by atoms with Gasteiger partial charge in [0.15, 0.2) is 0 Å². The second-order valence-corrected chi connectivity index (χ2v) is 6.56. The van der Waals surface area contributed by atoms with Crippen molar-refractivity contribution >= 4 is 11.8 Å². The van der Waals surface area contributed by atoms with Gasteiger partial charge < -0.3 is 5.11 Å². The average molecular weight is 286 g/mol. The van der Waals surface area contributed by atoms with Gasteiger partial charge in [0, 0.05) is 17.1 Å². The summed E-state index contributed by atoms with van der Waals surface area (Å²) < 4.78 is 26.1. The van der Waals surface area contributed by atoms with E-state index in [-0.39, 0.29) is 0 Å². The third-order valence-electron chi connectivity index (χ3n) is 3.47. The number of halogens is 2. The molecule has 1 aromatic rings. The van der Waals surface area contributed by atoms with Crippen molar-refractivity contribution in [2.24, 2.45) is 0 Å². The molecule has 106 valence electrons. The van der Waals surface area contributed by atoms with Gasteiger partial charge in [0.25, 0.3) is 0 Å². The smallest absolute Gasteiger partial charge is 0.126 e. The van der Waals surface area contributed by atoms with E-state index in [4.69, 9.17) is 0 Å². The number of hydrogen-bond donors (Lipinski definition) is 1. The van der Waals surface area contributed by atoms with E-state index in [1.54, 1.807) is 11.8 Å². The molecule has 0 aliphatic heterocycles. The first kappa shape index (κ1) is 14.8. The first-order valence-electron chi connectivity index (χ1n) is 6.88. The molecule has 0 bridgehead atoms. The molecular weight excluding hydrogens is 266 g/mol. The topological polar surface area (TPSA) is 20.2 Å². The fraction of sp³-hybridized carbons (Fsp3) is 0.600. The van der Waals surface area contributed by atoms with Crippen LogP contribution < -0.4 is 0 Å². The molecule has 0 heterocycles. The lowest BCUT2D eigenvalue weighted by atomic mass is 10.0. The van der Waals surface area contributed by atoms with Gasteiger partial charge >= 0.3 is 0 Å². The van der Waals surface area contributed by atoms with Crippen LogP contribution in [0.5, 0.6) is 0 Å². The Morgan fingerprint density at radius 2 is 1.74 bits per heavy atom. The van der Waals surface area contributed by atoms with Crippen molar-refractivity contribution < 1.29 is 13.9 Å². The molecule has 4 heteroatoms. The zero-order valence-electron chi connectivity index (χ0n) is 10.9. The van der Waals surface area contributed by atoms with Gasteiger partial charge in [-0.3, -0.25) is 0 Å². The second-order valence-electron chi connectivity index (χ2n) is 5.23. The molecule has 0 radical (unpaired) electrons. The summed E-state index contributed by atoms with van der Waals surface area (Å²) in [6.07, 6.45) is 6.12. The van der Waals surface area contributed by atoms with E-state index < -0.39 is 17.7 Å². The van der Waals surface area contributed by atoms with Gasteiger partial charge in [0.1, 0.15) is 11.6 Å². The molecule has 0 aromatic heterocycles. The van der Waals surface area contributed by atoms with Crippen LogP contribution in [0.1, 0.15) is 37.7 Å².